The van der Waals surface area contributed by atoms with Gasteiger partial charge in [-0.3, -0.25) is 9.59 Å². The van der Waals surface area contributed by atoms with Gasteiger partial charge in [0.25, 0.3) is 5.91 Å². The predicted molar refractivity (Wildman–Crippen MR) is 124 cm³/mol. The first-order chi connectivity index (χ1) is 14.2. The van der Waals surface area contributed by atoms with Gasteiger partial charge in [0.2, 0.25) is 5.91 Å². The number of rotatable bonds is 9. The van der Waals surface area contributed by atoms with Crippen LogP contribution in [-0.2, 0) is 16.1 Å². The smallest absolute Gasteiger partial charge is 0.261 e. The van der Waals surface area contributed by atoms with Crippen LogP contribution in [-0.4, -0.2) is 35.9 Å². The lowest BCUT2D eigenvalue weighted by Gasteiger charge is -2.29. The molecule has 2 amide bonds. The summed E-state index contributed by atoms with van der Waals surface area (Å²) in [6.45, 7) is 8.37. The van der Waals surface area contributed by atoms with Crippen LogP contribution in [0.2, 0.25) is 5.02 Å². The van der Waals surface area contributed by atoms with Crippen LogP contribution in [0, 0.1) is 12.8 Å². The van der Waals surface area contributed by atoms with Crippen molar-refractivity contribution in [2.24, 2.45) is 5.92 Å². The third kappa shape index (κ3) is 7.33. The van der Waals surface area contributed by atoms with Crippen LogP contribution < -0.4 is 10.1 Å². The van der Waals surface area contributed by atoms with E-state index in [4.69, 9.17) is 16.3 Å². The maximum Gasteiger partial charge on any atom is 0.261 e. The minimum atomic E-state index is -0.648. The number of hydrogen-bond acceptors (Lipinski definition) is 3. The summed E-state index contributed by atoms with van der Waals surface area (Å²) in [4.78, 5) is 27.2. The molecule has 162 valence electrons. The molecule has 2 aromatic rings. The maximum absolute atomic E-state index is 13.0. The lowest BCUT2D eigenvalue weighted by atomic mass is 10.1. The predicted octanol–water partition coefficient (Wildman–Crippen LogP) is 4.98. The van der Waals surface area contributed by atoms with E-state index < -0.39 is 6.04 Å². The van der Waals surface area contributed by atoms with E-state index in [-0.39, 0.29) is 25.0 Å². The second-order valence-electron chi connectivity index (χ2n) is 7.67. The Bertz CT molecular complexity index is 889. The van der Waals surface area contributed by atoms with Gasteiger partial charge in [0, 0.05) is 22.6 Å². The van der Waals surface area contributed by atoms with Crippen molar-refractivity contribution in [3.05, 3.63) is 63.1 Å². The molecule has 0 aromatic heterocycles. The highest BCUT2D eigenvalue weighted by Gasteiger charge is 2.26. The van der Waals surface area contributed by atoms with Crippen molar-refractivity contribution in [3.63, 3.8) is 0 Å². The number of carbonyl (C=O) groups excluding carboxylic acids is 2. The first kappa shape index (κ1) is 24.2. The second kappa shape index (κ2) is 11.4. The lowest BCUT2D eigenvalue weighted by Crippen LogP contribution is -2.49. The Hall–Kier alpha value is -2.05. The average molecular weight is 496 g/mol. The van der Waals surface area contributed by atoms with E-state index in [0.717, 1.165) is 15.6 Å². The van der Waals surface area contributed by atoms with Gasteiger partial charge in [-0.2, -0.15) is 0 Å². The second-order valence-corrected chi connectivity index (χ2v) is 8.96. The number of halogens is 2. The zero-order valence-electron chi connectivity index (χ0n) is 17.7. The molecule has 0 bridgehead atoms. The van der Waals surface area contributed by atoms with E-state index in [1.54, 1.807) is 25.1 Å². The number of aryl methyl sites for hydroxylation is 1. The van der Waals surface area contributed by atoms with Gasteiger partial charge in [-0.25, -0.2) is 0 Å². The van der Waals surface area contributed by atoms with Gasteiger partial charge in [0.1, 0.15) is 11.8 Å². The summed E-state index contributed by atoms with van der Waals surface area (Å²) in [5.41, 5.74) is 1.86. The quantitative estimate of drug-likeness (QED) is 0.534. The van der Waals surface area contributed by atoms with Crippen molar-refractivity contribution in [1.29, 1.82) is 0 Å². The molecule has 0 saturated carbocycles. The van der Waals surface area contributed by atoms with Crippen LogP contribution in [0.4, 0.5) is 0 Å². The topological polar surface area (TPSA) is 58.6 Å². The van der Waals surface area contributed by atoms with Crippen molar-refractivity contribution in [1.82, 2.24) is 10.2 Å². The first-order valence-electron chi connectivity index (χ1n) is 9.88. The van der Waals surface area contributed by atoms with Crippen LogP contribution in [0.3, 0.4) is 0 Å². The number of nitrogens with one attached hydrogen (secondary N) is 1. The van der Waals surface area contributed by atoms with Crippen LogP contribution in [0.15, 0.2) is 46.9 Å². The molecule has 1 N–H and O–H groups in total. The van der Waals surface area contributed by atoms with E-state index in [1.165, 1.54) is 4.90 Å². The molecule has 1 unspecified atom stereocenters. The summed E-state index contributed by atoms with van der Waals surface area (Å²) in [6.07, 6.45) is 0. The number of amides is 2. The largest absolute Gasteiger partial charge is 0.484 e. The van der Waals surface area contributed by atoms with E-state index in [9.17, 15) is 9.59 Å². The van der Waals surface area contributed by atoms with Crippen LogP contribution in [0.1, 0.15) is 31.9 Å². The van der Waals surface area contributed by atoms with Crippen molar-refractivity contribution < 1.29 is 14.3 Å². The van der Waals surface area contributed by atoms with E-state index in [0.29, 0.717) is 23.2 Å². The SMILES string of the molecule is Cc1cc(OCC(=O)N(Cc2cccc(Cl)c2)C(C)C(=O)NCC(C)C)ccc1Br. The zero-order valence-corrected chi connectivity index (χ0v) is 20.1. The third-order valence-electron chi connectivity index (χ3n) is 4.59. The normalized spacial score (nSPS) is 11.8. The molecule has 5 nitrogen and oxygen atoms in total. The summed E-state index contributed by atoms with van der Waals surface area (Å²) >= 11 is 9.54. The van der Waals surface area contributed by atoms with Crippen molar-refractivity contribution in [2.75, 3.05) is 13.2 Å². The van der Waals surface area contributed by atoms with Crippen LogP contribution in [0.5, 0.6) is 5.75 Å². The molecule has 0 heterocycles. The van der Waals surface area contributed by atoms with Crippen LogP contribution in [0.25, 0.3) is 0 Å². The number of benzene rings is 2. The highest BCUT2D eigenvalue weighted by Crippen LogP contribution is 2.22. The van der Waals surface area contributed by atoms with Gasteiger partial charge >= 0.3 is 0 Å². The zero-order chi connectivity index (χ0) is 22.3. The van der Waals surface area contributed by atoms with Gasteiger partial charge in [0.05, 0.1) is 0 Å². The Morgan fingerprint density at radius 3 is 2.53 bits per heavy atom. The maximum atomic E-state index is 13.0. The third-order valence-corrected chi connectivity index (χ3v) is 5.71. The molecule has 0 aliphatic carbocycles. The van der Waals surface area contributed by atoms with Gasteiger partial charge in [-0.15, -0.1) is 0 Å². The molecule has 0 aliphatic rings. The molecule has 7 heteroatoms. The molecule has 0 spiro atoms. The van der Waals surface area contributed by atoms with Crippen molar-refractivity contribution in [2.45, 2.75) is 40.3 Å². The molecule has 0 fully saturated rings. The fourth-order valence-corrected chi connectivity index (χ4v) is 3.26. The number of carbonyl (C=O) groups is 2. The summed E-state index contributed by atoms with van der Waals surface area (Å²) in [6, 6.07) is 12.1. The van der Waals surface area contributed by atoms with Crippen molar-refractivity contribution in [3.8, 4) is 5.75 Å². The summed E-state index contributed by atoms with van der Waals surface area (Å²) in [5.74, 6) is 0.451. The van der Waals surface area contributed by atoms with Gasteiger partial charge < -0.3 is 15.0 Å². The van der Waals surface area contributed by atoms with Gasteiger partial charge in [0.15, 0.2) is 6.61 Å². The van der Waals surface area contributed by atoms with E-state index >= 15 is 0 Å². The molecular weight excluding hydrogens is 468 g/mol. The molecule has 2 aromatic carbocycles. The Kier molecular flexibility index (Phi) is 9.18. The molecule has 0 aliphatic heterocycles. The van der Waals surface area contributed by atoms with Crippen molar-refractivity contribution >= 4 is 39.3 Å². The fourth-order valence-electron chi connectivity index (χ4n) is 2.80. The number of nitrogens with zero attached hydrogens (tertiary/aromatic N) is 1. The van der Waals surface area contributed by atoms with E-state index in [2.05, 4.69) is 21.2 Å². The fraction of sp³-hybridized carbons (Fsp3) is 0.391. The van der Waals surface area contributed by atoms with E-state index in [1.807, 2.05) is 45.0 Å². The Labute approximate surface area is 191 Å². The molecule has 0 saturated heterocycles. The standard InChI is InChI=1S/C23H28BrClN2O3/c1-15(2)12-26-23(29)17(4)27(13-18-6-5-7-19(25)11-18)22(28)14-30-20-8-9-21(24)16(3)10-20/h5-11,15,17H,12-14H2,1-4H3,(H,26,29). The number of ether oxygens (including phenoxy) is 1. The monoisotopic (exact) mass is 494 g/mol. The minimum Gasteiger partial charge on any atom is -0.484 e. The van der Waals surface area contributed by atoms with Crippen LogP contribution >= 0.6 is 27.5 Å². The highest BCUT2D eigenvalue weighted by atomic mass is 79.9. The number of hydrogen-bond donors (Lipinski definition) is 1. The molecular formula is C23H28BrClN2O3. The Balaban J connectivity index is 2.14. The summed E-state index contributed by atoms with van der Waals surface area (Å²) < 4.78 is 6.68. The molecule has 1 atom stereocenters. The Morgan fingerprint density at radius 1 is 1.17 bits per heavy atom. The lowest BCUT2D eigenvalue weighted by molar-refractivity contribution is -0.142. The highest BCUT2D eigenvalue weighted by molar-refractivity contribution is 9.10. The summed E-state index contributed by atoms with van der Waals surface area (Å²) in [7, 11) is 0. The van der Waals surface area contributed by atoms with Gasteiger partial charge in [-0.1, -0.05) is 53.5 Å². The first-order valence-corrected chi connectivity index (χ1v) is 11.0. The molecule has 0 radical (unpaired) electrons. The Morgan fingerprint density at radius 2 is 1.90 bits per heavy atom. The summed E-state index contributed by atoms with van der Waals surface area (Å²) in [5, 5.41) is 3.48. The molecule has 2 rings (SSSR count). The van der Waals surface area contributed by atoms with Gasteiger partial charge in [-0.05, 0) is 61.2 Å². The average Bonchev–Trinajstić information content (AvgIpc) is 2.70. The molecule has 30 heavy (non-hydrogen) atoms. The minimum absolute atomic E-state index is 0.163.